The van der Waals surface area contributed by atoms with Crippen LogP contribution in [0.25, 0.3) is 0 Å². The van der Waals surface area contributed by atoms with Gasteiger partial charge in [-0.3, -0.25) is 4.68 Å². The molecule has 1 aromatic carbocycles. The van der Waals surface area contributed by atoms with E-state index in [4.69, 9.17) is 0 Å². The third-order valence-electron chi connectivity index (χ3n) is 3.07. The van der Waals surface area contributed by atoms with Crippen molar-refractivity contribution in [2.24, 2.45) is 0 Å². The Hall–Kier alpha value is -1.29. The number of rotatable bonds is 6. The minimum absolute atomic E-state index is 0.818. The van der Waals surface area contributed by atoms with Gasteiger partial charge in [0.2, 0.25) is 0 Å². The van der Waals surface area contributed by atoms with Crippen LogP contribution < -0.4 is 5.32 Å². The van der Waals surface area contributed by atoms with E-state index in [0.29, 0.717) is 0 Å². The molecule has 0 saturated heterocycles. The van der Waals surface area contributed by atoms with Gasteiger partial charge in [-0.1, -0.05) is 29.8 Å². The zero-order chi connectivity index (χ0) is 13.7. The summed E-state index contributed by atoms with van der Waals surface area (Å²) in [5.41, 5.74) is 3.75. The molecule has 1 heterocycles. The zero-order valence-corrected chi connectivity index (χ0v) is 13.1. The van der Waals surface area contributed by atoms with E-state index >= 15 is 0 Å². The van der Waals surface area contributed by atoms with Crippen molar-refractivity contribution in [3.05, 3.63) is 46.2 Å². The van der Waals surface area contributed by atoms with E-state index in [9.17, 15) is 0 Å². The molecule has 19 heavy (non-hydrogen) atoms. The third kappa shape index (κ3) is 3.83. The summed E-state index contributed by atoms with van der Waals surface area (Å²) in [5, 5.41) is 7.83. The molecule has 0 amide bonds. The van der Waals surface area contributed by atoms with Gasteiger partial charge in [0.05, 0.1) is 6.20 Å². The monoisotopic (exact) mass is 321 g/mol. The van der Waals surface area contributed by atoms with Crippen LogP contribution >= 0.6 is 15.9 Å². The standard InChI is InChI=1S/C15H20BrN3/c1-3-7-19-11-12(10-18-19)9-17-15-6-5-14(16)8-13(15)4-2/h5-6,8,10-11,17H,3-4,7,9H2,1-2H3. The second kappa shape index (κ2) is 6.75. The molecule has 0 bridgehead atoms. The van der Waals surface area contributed by atoms with Gasteiger partial charge < -0.3 is 5.32 Å². The molecule has 2 rings (SSSR count). The first-order chi connectivity index (χ1) is 9.22. The Morgan fingerprint density at radius 2 is 2.16 bits per heavy atom. The largest absolute Gasteiger partial charge is 0.381 e. The van der Waals surface area contributed by atoms with Crippen LogP contribution in [0.3, 0.4) is 0 Å². The summed E-state index contributed by atoms with van der Waals surface area (Å²) in [6.45, 7) is 6.14. The van der Waals surface area contributed by atoms with Crippen LogP contribution in [0, 0.1) is 0 Å². The molecule has 0 atom stereocenters. The van der Waals surface area contributed by atoms with Crippen molar-refractivity contribution in [1.82, 2.24) is 9.78 Å². The summed E-state index contributed by atoms with van der Waals surface area (Å²) < 4.78 is 3.13. The van der Waals surface area contributed by atoms with Crippen molar-refractivity contribution < 1.29 is 0 Å². The normalized spacial score (nSPS) is 10.7. The molecule has 2 aromatic rings. The molecular weight excluding hydrogens is 302 g/mol. The highest BCUT2D eigenvalue weighted by Crippen LogP contribution is 2.22. The van der Waals surface area contributed by atoms with Crippen molar-refractivity contribution in [3.63, 3.8) is 0 Å². The summed E-state index contributed by atoms with van der Waals surface area (Å²) in [6.07, 6.45) is 6.19. The summed E-state index contributed by atoms with van der Waals surface area (Å²) in [4.78, 5) is 0. The summed E-state index contributed by atoms with van der Waals surface area (Å²) in [6, 6.07) is 6.37. The van der Waals surface area contributed by atoms with Gasteiger partial charge in [-0.15, -0.1) is 0 Å². The smallest absolute Gasteiger partial charge is 0.0539 e. The van der Waals surface area contributed by atoms with Gasteiger partial charge in [-0.25, -0.2) is 0 Å². The van der Waals surface area contributed by atoms with Gasteiger partial charge in [0.25, 0.3) is 0 Å². The van der Waals surface area contributed by atoms with Crippen molar-refractivity contribution in [2.45, 2.75) is 39.8 Å². The van der Waals surface area contributed by atoms with Gasteiger partial charge in [0.15, 0.2) is 0 Å². The average molecular weight is 322 g/mol. The predicted octanol–water partition coefficient (Wildman–Crippen LogP) is 4.23. The Balaban J connectivity index is 2.01. The van der Waals surface area contributed by atoms with Gasteiger partial charge >= 0.3 is 0 Å². The number of hydrogen-bond acceptors (Lipinski definition) is 2. The second-order valence-corrected chi connectivity index (χ2v) is 5.54. The topological polar surface area (TPSA) is 29.9 Å². The summed E-state index contributed by atoms with van der Waals surface area (Å²) >= 11 is 3.51. The van der Waals surface area contributed by atoms with Crippen molar-refractivity contribution >= 4 is 21.6 Å². The molecular formula is C15H20BrN3. The summed E-state index contributed by atoms with van der Waals surface area (Å²) in [5.74, 6) is 0. The molecule has 102 valence electrons. The van der Waals surface area contributed by atoms with Crippen LogP contribution in [0.4, 0.5) is 5.69 Å². The van der Waals surface area contributed by atoms with Crippen molar-refractivity contribution in [2.75, 3.05) is 5.32 Å². The van der Waals surface area contributed by atoms with Gasteiger partial charge in [-0.2, -0.15) is 5.10 Å². The highest BCUT2D eigenvalue weighted by molar-refractivity contribution is 9.10. The lowest BCUT2D eigenvalue weighted by atomic mass is 10.1. The maximum atomic E-state index is 4.34. The molecule has 0 saturated carbocycles. The minimum atomic E-state index is 0.818. The number of aromatic nitrogens is 2. The number of halogens is 1. The van der Waals surface area contributed by atoms with E-state index in [-0.39, 0.29) is 0 Å². The Morgan fingerprint density at radius 3 is 2.89 bits per heavy atom. The third-order valence-corrected chi connectivity index (χ3v) is 3.56. The van der Waals surface area contributed by atoms with E-state index in [2.05, 4.69) is 64.6 Å². The molecule has 4 heteroatoms. The maximum absolute atomic E-state index is 4.34. The van der Waals surface area contributed by atoms with Crippen molar-refractivity contribution in [1.29, 1.82) is 0 Å². The number of nitrogens with one attached hydrogen (secondary N) is 1. The SMILES string of the molecule is CCCn1cc(CNc2ccc(Br)cc2CC)cn1. The first-order valence-electron chi connectivity index (χ1n) is 6.76. The zero-order valence-electron chi connectivity index (χ0n) is 11.5. The number of aryl methyl sites for hydroxylation is 2. The van der Waals surface area contributed by atoms with Crippen molar-refractivity contribution in [3.8, 4) is 0 Å². The second-order valence-electron chi connectivity index (χ2n) is 4.62. The fourth-order valence-electron chi connectivity index (χ4n) is 2.07. The quantitative estimate of drug-likeness (QED) is 0.862. The Labute approximate surface area is 123 Å². The number of nitrogens with zero attached hydrogens (tertiary/aromatic N) is 2. The minimum Gasteiger partial charge on any atom is -0.381 e. The van der Waals surface area contributed by atoms with Gasteiger partial charge in [0.1, 0.15) is 0 Å². The number of anilines is 1. The fourth-order valence-corrected chi connectivity index (χ4v) is 2.48. The summed E-state index contributed by atoms with van der Waals surface area (Å²) in [7, 11) is 0. The molecule has 0 spiro atoms. The maximum Gasteiger partial charge on any atom is 0.0539 e. The van der Waals surface area contributed by atoms with Crippen LogP contribution in [0.1, 0.15) is 31.4 Å². The van der Waals surface area contributed by atoms with Gasteiger partial charge in [-0.05, 0) is 36.6 Å². The first-order valence-corrected chi connectivity index (χ1v) is 7.55. The Bertz CT molecular complexity index is 534. The van der Waals surface area contributed by atoms with Crippen LogP contribution in [0.15, 0.2) is 35.1 Å². The molecule has 0 radical (unpaired) electrons. The van der Waals surface area contributed by atoms with Crippen LogP contribution in [0.5, 0.6) is 0 Å². The lowest BCUT2D eigenvalue weighted by Gasteiger charge is -2.10. The lowest BCUT2D eigenvalue weighted by molar-refractivity contribution is 0.602. The Kier molecular flexibility index (Phi) is 5.02. The average Bonchev–Trinajstić information content (AvgIpc) is 2.85. The molecule has 0 aliphatic heterocycles. The lowest BCUT2D eigenvalue weighted by Crippen LogP contribution is -2.01. The predicted molar refractivity (Wildman–Crippen MR) is 83.4 cm³/mol. The van der Waals surface area contributed by atoms with E-state index in [1.54, 1.807) is 0 Å². The molecule has 3 nitrogen and oxygen atoms in total. The molecule has 1 aromatic heterocycles. The molecule has 0 fully saturated rings. The molecule has 0 aliphatic carbocycles. The van der Waals surface area contributed by atoms with Crippen LogP contribution in [-0.4, -0.2) is 9.78 Å². The Morgan fingerprint density at radius 1 is 1.32 bits per heavy atom. The highest BCUT2D eigenvalue weighted by atomic mass is 79.9. The number of benzene rings is 1. The molecule has 0 unspecified atom stereocenters. The van der Waals surface area contributed by atoms with Crippen LogP contribution in [-0.2, 0) is 19.5 Å². The van der Waals surface area contributed by atoms with Gasteiger partial charge in [0, 0.05) is 35.0 Å². The fraction of sp³-hybridized carbons (Fsp3) is 0.400. The first kappa shape index (κ1) is 14.1. The van der Waals surface area contributed by atoms with Crippen LogP contribution in [0.2, 0.25) is 0 Å². The van der Waals surface area contributed by atoms with E-state index in [0.717, 1.165) is 30.4 Å². The van der Waals surface area contributed by atoms with E-state index in [1.165, 1.54) is 16.8 Å². The highest BCUT2D eigenvalue weighted by Gasteiger charge is 2.03. The molecule has 0 aliphatic rings. The number of hydrogen-bond donors (Lipinski definition) is 1. The molecule has 1 N–H and O–H groups in total. The van der Waals surface area contributed by atoms with E-state index in [1.807, 2.05) is 10.9 Å². The van der Waals surface area contributed by atoms with E-state index < -0.39 is 0 Å².